The normalized spacial score (nSPS) is 20.4. The van der Waals surface area contributed by atoms with Crippen molar-refractivity contribution in [2.75, 3.05) is 17.2 Å². The lowest BCUT2D eigenvalue weighted by Crippen LogP contribution is -2.57. The van der Waals surface area contributed by atoms with Gasteiger partial charge in [0, 0.05) is 6.07 Å². The summed E-state index contributed by atoms with van der Waals surface area (Å²) in [7, 11) is 0. The van der Waals surface area contributed by atoms with Crippen LogP contribution in [0.15, 0.2) is 6.07 Å². The maximum atomic E-state index is 11.5. The molecule has 1 atom stereocenters. The molecule has 2 rings (SSSR count). The van der Waals surface area contributed by atoms with Crippen LogP contribution in [0.1, 0.15) is 6.92 Å². The van der Waals surface area contributed by atoms with Crippen LogP contribution in [0.25, 0.3) is 0 Å². The zero-order valence-corrected chi connectivity index (χ0v) is 9.73. The predicted molar refractivity (Wildman–Crippen MR) is 61.4 cm³/mol. The van der Waals surface area contributed by atoms with Crippen LogP contribution < -0.4 is 16.0 Å². The number of hydrogen-bond acceptors (Lipinski definition) is 6. The quantitative estimate of drug-likeness (QED) is 0.521. The standard InChI is InChI=1S/C9H10ClN5O2/c1-4-8(17)14-7(16)3-15(4)6-2-5(10)12-9(11)13-6/h2,4H,3H2,1H3,(H2,11,12,13)(H,14,16,17). The Bertz CT molecular complexity index is 472. The summed E-state index contributed by atoms with van der Waals surface area (Å²) in [4.78, 5) is 32.0. The molecule has 0 spiro atoms. The van der Waals surface area contributed by atoms with E-state index in [9.17, 15) is 9.59 Å². The number of halogens is 1. The van der Waals surface area contributed by atoms with Crippen molar-refractivity contribution in [3.63, 3.8) is 0 Å². The average Bonchev–Trinajstić information content (AvgIpc) is 2.22. The molecule has 3 N–H and O–H groups in total. The van der Waals surface area contributed by atoms with Crippen molar-refractivity contribution in [1.82, 2.24) is 15.3 Å². The van der Waals surface area contributed by atoms with Gasteiger partial charge in [0.2, 0.25) is 17.8 Å². The highest BCUT2D eigenvalue weighted by Gasteiger charge is 2.31. The van der Waals surface area contributed by atoms with Gasteiger partial charge in [0.1, 0.15) is 17.0 Å². The van der Waals surface area contributed by atoms with E-state index in [4.69, 9.17) is 17.3 Å². The number of imide groups is 1. The van der Waals surface area contributed by atoms with Gasteiger partial charge >= 0.3 is 0 Å². The third-order valence-electron chi connectivity index (χ3n) is 2.42. The van der Waals surface area contributed by atoms with Gasteiger partial charge in [-0.3, -0.25) is 14.9 Å². The zero-order valence-electron chi connectivity index (χ0n) is 8.98. The Morgan fingerprint density at radius 2 is 2.24 bits per heavy atom. The molecule has 17 heavy (non-hydrogen) atoms. The van der Waals surface area contributed by atoms with E-state index in [0.29, 0.717) is 5.82 Å². The molecular formula is C9H10ClN5O2. The monoisotopic (exact) mass is 255 g/mol. The largest absolute Gasteiger partial charge is 0.368 e. The van der Waals surface area contributed by atoms with Gasteiger partial charge in [-0.25, -0.2) is 4.98 Å². The number of aromatic nitrogens is 2. The van der Waals surface area contributed by atoms with Crippen LogP contribution in [-0.4, -0.2) is 34.4 Å². The first-order valence-electron chi connectivity index (χ1n) is 4.88. The van der Waals surface area contributed by atoms with Gasteiger partial charge in [0.05, 0.1) is 6.54 Å². The van der Waals surface area contributed by atoms with Crippen molar-refractivity contribution in [3.8, 4) is 0 Å². The molecule has 7 nitrogen and oxygen atoms in total. The van der Waals surface area contributed by atoms with E-state index >= 15 is 0 Å². The summed E-state index contributed by atoms with van der Waals surface area (Å²) in [6.45, 7) is 1.69. The Hall–Kier alpha value is -1.89. The number of nitrogens with two attached hydrogens (primary N) is 1. The SMILES string of the molecule is CC1C(=O)NC(=O)CN1c1cc(Cl)nc(N)n1. The summed E-state index contributed by atoms with van der Waals surface area (Å²) >= 11 is 5.75. The maximum absolute atomic E-state index is 11.5. The van der Waals surface area contributed by atoms with E-state index in [1.165, 1.54) is 11.0 Å². The molecule has 1 aliphatic rings. The van der Waals surface area contributed by atoms with Gasteiger partial charge in [-0.1, -0.05) is 11.6 Å². The number of carbonyl (C=O) groups is 2. The second-order valence-corrected chi connectivity index (χ2v) is 4.01. The van der Waals surface area contributed by atoms with Crippen LogP contribution in [0.3, 0.4) is 0 Å². The number of amides is 2. The highest BCUT2D eigenvalue weighted by Crippen LogP contribution is 2.20. The van der Waals surface area contributed by atoms with Gasteiger partial charge < -0.3 is 10.6 Å². The second-order valence-electron chi connectivity index (χ2n) is 3.62. The van der Waals surface area contributed by atoms with Crippen LogP contribution in [0.5, 0.6) is 0 Å². The lowest BCUT2D eigenvalue weighted by Gasteiger charge is -2.32. The van der Waals surface area contributed by atoms with Crippen LogP contribution >= 0.6 is 11.6 Å². The second kappa shape index (κ2) is 4.17. The van der Waals surface area contributed by atoms with Gasteiger partial charge in [-0.05, 0) is 6.92 Å². The number of anilines is 2. The number of piperazine rings is 1. The summed E-state index contributed by atoms with van der Waals surface area (Å²) < 4.78 is 0. The Morgan fingerprint density at radius 3 is 2.88 bits per heavy atom. The fraction of sp³-hybridized carbons (Fsp3) is 0.333. The van der Waals surface area contributed by atoms with E-state index in [0.717, 1.165) is 0 Å². The highest BCUT2D eigenvalue weighted by atomic mass is 35.5. The number of carbonyl (C=O) groups excluding carboxylic acids is 2. The minimum absolute atomic E-state index is 0.00173. The van der Waals surface area contributed by atoms with E-state index < -0.39 is 6.04 Å². The smallest absolute Gasteiger partial charge is 0.249 e. The first-order valence-corrected chi connectivity index (χ1v) is 5.25. The lowest BCUT2D eigenvalue weighted by atomic mass is 10.2. The highest BCUT2D eigenvalue weighted by molar-refractivity contribution is 6.29. The van der Waals surface area contributed by atoms with Gasteiger partial charge in [-0.2, -0.15) is 4.98 Å². The Balaban J connectivity index is 2.37. The predicted octanol–water partition coefficient (Wildman–Crippen LogP) is -0.437. The fourth-order valence-electron chi connectivity index (χ4n) is 1.56. The van der Waals surface area contributed by atoms with Gasteiger partial charge in [-0.15, -0.1) is 0 Å². The van der Waals surface area contributed by atoms with Crippen molar-refractivity contribution in [2.24, 2.45) is 0 Å². The molecule has 0 bridgehead atoms. The number of nitrogens with zero attached hydrogens (tertiary/aromatic N) is 3. The molecular weight excluding hydrogens is 246 g/mol. The summed E-state index contributed by atoms with van der Waals surface area (Å²) in [5, 5.41) is 2.40. The Morgan fingerprint density at radius 1 is 1.53 bits per heavy atom. The van der Waals surface area contributed by atoms with Crippen LogP contribution in [0.4, 0.5) is 11.8 Å². The van der Waals surface area contributed by atoms with Crippen LogP contribution in [0, 0.1) is 0 Å². The number of nitrogens with one attached hydrogen (secondary N) is 1. The number of hydrogen-bond donors (Lipinski definition) is 2. The molecule has 8 heteroatoms. The molecule has 1 unspecified atom stereocenters. The number of rotatable bonds is 1. The zero-order chi connectivity index (χ0) is 12.6. The Kier molecular flexibility index (Phi) is 2.84. The summed E-state index contributed by atoms with van der Waals surface area (Å²) in [6.07, 6.45) is 0. The first-order chi connectivity index (χ1) is 7.97. The van der Waals surface area contributed by atoms with Gasteiger partial charge in [0.15, 0.2) is 0 Å². The van der Waals surface area contributed by atoms with E-state index in [1.807, 2.05) is 0 Å². The molecule has 1 aromatic heterocycles. The Labute approximate surface area is 102 Å². The molecule has 0 saturated carbocycles. The minimum atomic E-state index is -0.516. The van der Waals surface area contributed by atoms with Crippen molar-refractivity contribution >= 4 is 35.2 Å². The van der Waals surface area contributed by atoms with Crippen molar-refractivity contribution in [2.45, 2.75) is 13.0 Å². The van der Waals surface area contributed by atoms with Crippen molar-refractivity contribution in [1.29, 1.82) is 0 Å². The lowest BCUT2D eigenvalue weighted by molar-refractivity contribution is -0.132. The molecule has 1 fully saturated rings. The maximum Gasteiger partial charge on any atom is 0.249 e. The van der Waals surface area contributed by atoms with Crippen molar-refractivity contribution < 1.29 is 9.59 Å². The molecule has 1 aliphatic heterocycles. The van der Waals surface area contributed by atoms with E-state index in [-0.39, 0.29) is 29.5 Å². The minimum Gasteiger partial charge on any atom is -0.368 e. The van der Waals surface area contributed by atoms with Gasteiger partial charge in [0.25, 0.3) is 0 Å². The first kappa shape index (κ1) is 11.6. The third kappa shape index (κ3) is 2.28. The van der Waals surface area contributed by atoms with E-state index in [2.05, 4.69) is 15.3 Å². The van der Waals surface area contributed by atoms with Crippen LogP contribution in [0.2, 0.25) is 5.15 Å². The topological polar surface area (TPSA) is 101 Å². The molecule has 90 valence electrons. The third-order valence-corrected chi connectivity index (χ3v) is 2.61. The fourth-order valence-corrected chi connectivity index (χ4v) is 1.75. The molecule has 1 saturated heterocycles. The number of nitrogen functional groups attached to an aromatic ring is 1. The molecule has 2 amide bonds. The summed E-state index contributed by atoms with van der Waals surface area (Å²) in [6, 6.07) is 0.943. The molecule has 0 radical (unpaired) electrons. The molecule has 1 aromatic rings. The van der Waals surface area contributed by atoms with Crippen molar-refractivity contribution in [3.05, 3.63) is 11.2 Å². The van der Waals surface area contributed by atoms with Crippen LogP contribution in [-0.2, 0) is 9.59 Å². The van der Waals surface area contributed by atoms with E-state index in [1.54, 1.807) is 6.92 Å². The molecule has 0 aliphatic carbocycles. The summed E-state index contributed by atoms with van der Waals surface area (Å²) in [5.41, 5.74) is 5.46. The molecule has 0 aromatic carbocycles. The summed E-state index contributed by atoms with van der Waals surface area (Å²) in [5.74, 6) is -0.410. The molecule has 2 heterocycles. The average molecular weight is 256 g/mol.